The molecule has 0 atom stereocenters. The zero-order valence-electron chi connectivity index (χ0n) is 16.7. The number of carbonyl (C=O) groups excluding carboxylic acids is 1. The molecule has 2 heterocycles. The van der Waals surface area contributed by atoms with E-state index in [0.29, 0.717) is 19.8 Å². The molecule has 2 aliphatic rings. The molecule has 1 aromatic carbocycles. The fraction of sp³-hybridized carbons (Fsp3) is 0.476. The van der Waals surface area contributed by atoms with Crippen molar-refractivity contribution in [3.63, 3.8) is 0 Å². The molecule has 0 saturated heterocycles. The van der Waals surface area contributed by atoms with E-state index in [1.54, 1.807) is 0 Å². The first-order chi connectivity index (χ1) is 14.9. The van der Waals surface area contributed by atoms with E-state index in [-0.39, 0.29) is 22.2 Å². The van der Waals surface area contributed by atoms with Gasteiger partial charge in [0.1, 0.15) is 18.9 Å². The van der Waals surface area contributed by atoms with Gasteiger partial charge in [0.25, 0.3) is 0 Å². The van der Waals surface area contributed by atoms with E-state index in [9.17, 15) is 18.0 Å². The van der Waals surface area contributed by atoms with Gasteiger partial charge in [-0.15, -0.1) is 0 Å². The van der Waals surface area contributed by atoms with Gasteiger partial charge in [0.05, 0.1) is 5.75 Å². The quantitative estimate of drug-likeness (QED) is 0.527. The summed E-state index contributed by atoms with van der Waals surface area (Å²) in [7, 11) is 0. The van der Waals surface area contributed by atoms with Crippen LogP contribution in [0.3, 0.4) is 0 Å². The molecule has 31 heavy (non-hydrogen) atoms. The van der Waals surface area contributed by atoms with E-state index in [0.717, 1.165) is 66.8 Å². The number of alkyl halides is 3. The van der Waals surface area contributed by atoms with Gasteiger partial charge in [-0.05, 0) is 36.6 Å². The number of carbonyl (C=O) groups is 1. The van der Waals surface area contributed by atoms with Crippen molar-refractivity contribution in [3.05, 3.63) is 41.7 Å². The Morgan fingerprint density at radius 1 is 1.13 bits per heavy atom. The van der Waals surface area contributed by atoms with E-state index in [1.165, 1.54) is 0 Å². The summed E-state index contributed by atoms with van der Waals surface area (Å²) >= 11 is 0.884. The first kappa shape index (κ1) is 21.7. The predicted molar refractivity (Wildman–Crippen MR) is 108 cm³/mol. The topological polar surface area (TPSA) is 73.3 Å². The lowest BCUT2D eigenvalue weighted by Gasteiger charge is -2.31. The van der Waals surface area contributed by atoms with Crippen molar-refractivity contribution in [2.24, 2.45) is 0 Å². The Morgan fingerprint density at radius 2 is 1.87 bits per heavy atom. The van der Waals surface area contributed by atoms with Crippen LogP contribution in [-0.4, -0.2) is 41.4 Å². The summed E-state index contributed by atoms with van der Waals surface area (Å²) in [6.45, 7) is 1.49. The first-order valence-electron chi connectivity index (χ1n) is 10.1. The minimum absolute atomic E-state index is 0.0570. The predicted octanol–water partition coefficient (Wildman–Crippen LogP) is 3.99. The van der Waals surface area contributed by atoms with E-state index < -0.39 is 11.9 Å². The van der Waals surface area contributed by atoms with E-state index in [1.807, 2.05) is 18.2 Å². The molecule has 1 saturated carbocycles. The van der Waals surface area contributed by atoms with Crippen LogP contribution >= 0.6 is 11.8 Å². The second-order valence-electron chi connectivity index (χ2n) is 7.63. The summed E-state index contributed by atoms with van der Waals surface area (Å²) in [5, 5.41) is 2.87. The molecule has 6 nitrogen and oxygen atoms in total. The average molecular weight is 453 g/mol. The molecular formula is C21H22F3N3O3S. The normalized spacial score (nSPS) is 17.4. The van der Waals surface area contributed by atoms with Crippen molar-refractivity contribution >= 4 is 17.7 Å². The molecule has 10 heteroatoms. The average Bonchev–Trinajstić information content (AvgIpc) is 3.26. The molecule has 1 N–H and O–H groups in total. The number of halogens is 3. The van der Waals surface area contributed by atoms with Gasteiger partial charge in [-0.25, -0.2) is 9.97 Å². The Morgan fingerprint density at radius 3 is 2.61 bits per heavy atom. The lowest BCUT2D eigenvalue weighted by atomic mass is 9.78. The molecule has 0 spiro atoms. The minimum Gasteiger partial charge on any atom is -0.486 e. The van der Waals surface area contributed by atoms with Crippen LogP contribution in [0, 0.1) is 0 Å². The van der Waals surface area contributed by atoms with Crippen LogP contribution in [-0.2, 0) is 16.4 Å². The number of fused-ring (bicyclic) bond motifs is 1. The third kappa shape index (κ3) is 5.06. The fourth-order valence-electron chi connectivity index (χ4n) is 4.01. The summed E-state index contributed by atoms with van der Waals surface area (Å²) in [4.78, 5) is 19.7. The Bertz CT molecular complexity index is 949. The maximum atomic E-state index is 12.8. The number of ether oxygens (including phenoxy) is 2. The molecule has 4 rings (SSSR count). The SMILES string of the molecule is O=C(CSc1nccc(C(F)(F)F)n1)NCC1(c2ccc3c(c2)OCCO3)CCCC1. The van der Waals surface area contributed by atoms with Crippen LogP contribution in [0.15, 0.2) is 35.6 Å². The minimum atomic E-state index is -4.54. The van der Waals surface area contributed by atoms with Gasteiger partial charge in [-0.2, -0.15) is 13.2 Å². The second kappa shape index (κ2) is 8.94. The molecule has 1 aliphatic heterocycles. The number of nitrogens with zero attached hydrogens (tertiary/aromatic N) is 2. The highest BCUT2D eigenvalue weighted by atomic mass is 32.2. The highest BCUT2D eigenvalue weighted by Gasteiger charge is 2.37. The third-order valence-corrected chi connectivity index (χ3v) is 6.46. The number of nitrogens with one attached hydrogen (secondary N) is 1. The highest BCUT2D eigenvalue weighted by molar-refractivity contribution is 7.99. The van der Waals surface area contributed by atoms with Crippen LogP contribution in [0.25, 0.3) is 0 Å². The van der Waals surface area contributed by atoms with E-state index in [4.69, 9.17) is 9.47 Å². The van der Waals surface area contributed by atoms with Gasteiger partial charge in [-0.3, -0.25) is 4.79 Å². The standard InChI is InChI=1S/C21H22F3N3O3S/c22-21(23,24)17-5-8-25-19(27-17)31-12-18(28)26-13-20(6-1-2-7-20)14-3-4-15-16(11-14)30-10-9-29-15/h3-5,8,11H,1-2,6-7,9-10,12-13H2,(H,26,28). The maximum Gasteiger partial charge on any atom is 0.433 e. The first-order valence-corrected chi connectivity index (χ1v) is 11.0. The molecule has 0 unspecified atom stereocenters. The molecule has 0 bridgehead atoms. The third-order valence-electron chi connectivity index (χ3n) is 5.60. The summed E-state index contributed by atoms with van der Waals surface area (Å²) < 4.78 is 49.6. The smallest absolute Gasteiger partial charge is 0.433 e. The maximum absolute atomic E-state index is 12.8. The number of hydrogen-bond acceptors (Lipinski definition) is 6. The fourth-order valence-corrected chi connectivity index (χ4v) is 4.67. The highest BCUT2D eigenvalue weighted by Crippen LogP contribution is 2.43. The second-order valence-corrected chi connectivity index (χ2v) is 8.58. The molecule has 1 amide bonds. The number of hydrogen-bond donors (Lipinski definition) is 1. The number of benzene rings is 1. The Hall–Kier alpha value is -2.49. The Balaban J connectivity index is 1.38. The van der Waals surface area contributed by atoms with Gasteiger partial charge in [0.2, 0.25) is 5.91 Å². The van der Waals surface area contributed by atoms with Crippen molar-refractivity contribution in [1.82, 2.24) is 15.3 Å². The number of rotatable bonds is 6. The van der Waals surface area contributed by atoms with Crippen LogP contribution in [0.1, 0.15) is 36.9 Å². The van der Waals surface area contributed by atoms with Crippen molar-refractivity contribution in [3.8, 4) is 11.5 Å². The van der Waals surface area contributed by atoms with Crippen molar-refractivity contribution in [2.45, 2.75) is 42.4 Å². The zero-order chi connectivity index (χ0) is 21.9. The van der Waals surface area contributed by atoms with Crippen LogP contribution < -0.4 is 14.8 Å². The lowest BCUT2D eigenvalue weighted by Crippen LogP contribution is -2.39. The van der Waals surface area contributed by atoms with Crippen molar-refractivity contribution in [1.29, 1.82) is 0 Å². The molecular weight excluding hydrogens is 431 g/mol. The van der Waals surface area contributed by atoms with Gasteiger partial charge in [-0.1, -0.05) is 30.7 Å². The lowest BCUT2D eigenvalue weighted by molar-refractivity contribution is -0.141. The summed E-state index contributed by atoms with van der Waals surface area (Å²) in [5.41, 5.74) is -0.111. The van der Waals surface area contributed by atoms with Gasteiger partial charge in [0, 0.05) is 18.2 Å². The summed E-state index contributed by atoms with van der Waals surface area (Å²) in [5.74, 6) is 1.12. The van der Waals surface area contributed by atoms with Crippen LogP contribution in [0.4, 0.5) is 13.2 Å². The van der Waals surface area contributed by atoms with E-state index in [2.05, 4.69) is 15.3 Å². The number of aromatic nitrogens is 2. The summed E-state index contributed by atoms with van der Waals surface area (Å²) in [6, 6.07) is 6.74. The summed E-state index contributed by atoms with van der Waals surface area (Å²) in [6.07, 6.45) is 0.520. The van der Waals surface area contributed by atoms with Gasteiger partial charge < -0.3 is 14.8 Å². The largest absolute Gasteiger partial charge is 0.486 e. The van der Waals surface area contributed by atoms with Gasteiger partial charge in [0.15, 0.2) is 16.7 Å². The molecule has 0 radical (unpaired) electrons. The zero-order valence-corrected chi connectivity index (χ0v) is 17.5. The van der Waals surface area contributed by atoms with Crippen LogP contribution in [0.5, 0.6) is 11.5 Å². The van der Waals surface area contributed by atoms with Crippen LogP contribution in [0.2, 0.25) is 0 Å². The van der Waals surface area contributed by atoms with Gasteiger partial charge >= 0.3 is 6.18 Å². The monoisotopic (exact) mass is 453 g/mol. The molecule has 1 fully saturated rings. The number of amides is 1. The number of thioether (sulfide) groups is 1. The molecule has 2 aromatic rings. The van der Waals surface area contributed by atoms with E-state index >= 15 is 0 Å². The molecule has 1 aromatic heterocycles. The molecule has 1 aliphatic carbocycles. The van der Waals surface area contributed by atoms with Crippen molar-refractivity contribution < 1.29 is 27.4 Å². The van der Waals surface area contributed by atoms with Crippen molar-refractivity contribution in [2.75, 3.05) is 25.5 Å². The Kier molecular flexibility index (Phi) is 6.27. The Labute approximate surface area is 181 Å². The molecule has 166 valence electrons.